The molecule has 0 fully saturated rings. The Morgan fingerprint density at radius 1 is 1.59 bits per heavy atom. The lowest BCUT2D eigenvalue weighted by Gasteiger charge is -2.12. The number of halogens is 4. The van der Waals surface area contributed by atoms with Crippen LogP contribution in [0.4, 0.5) is 18.9 Å². The molecule has 0 aromatic carbocycles. The maximum absolute atomic E-state index is 12.1. The number of aliphatic hydroxyl groups excluding tert-OH is 1. The van der Waals surface area contributed by atoms with Crippen LogP contribution in [0.25, 0.3) is 0 Å². The molecule has 1 aromatic rings. The molecule has 1 N–H and O–H groups in total. The molecule has 17 heavy (non-hydrogen) atoms. The summed E-state index contributed by atoms with van der Waals surface area (Å²) < 4.78 is 39.8. The number of nitrogens with zero attached hydrogens (tertiary/aromatic N) is 2. The zero-order valence-corrected chi connectivity index (χ0v) is 10.0. The van der Waals surface area contributed by atoms with Gasteiger partial charge in [0.05, 0.1) is 17.1 Å². The Kier molecular flexibility index (Phi) is 4.08. The number of aromatic nitrogens is 1. The van der Waals surface area contributed by atoms with Crippen LogP contribution in [0.1, 0.15) is 5.56 Å². The maximum Gasteiger partial charge on any atom is 0.573 e. The molecule has 0 aliphatic rings. The summed E-state index contributed by atoms with van der Waals surface area (Å²) in [5.41, 5.74) is -1.33. The van der Waals surface area contributed by atoms with E-state index in [1.165, 1.54) is 22.6 Å². The van der Waals surface area contributed by atoms with Gasteiger partial charge >= 0.3 is 12.0 Å². The molecule has 0 amide bonds. The Balaban J connectivity index is 3.39. The minimum Gasteiger partial charge on any atom is -0.398 e. The molecule has 1 rings (SSSR count). The summed E-state index contributed by atoms with van der Waals surface area (Å²) in [5, 5.41) is 19.4. The van der Waals surface area contributed by atoms with Gasteiger partial charge in [-0.15, -0.1) is 13.2 Å². The van der Waals surface area contributed by atoms with Crippen molar-refractivity contribution >= 4 is 28.3 Å². The summed E-state index contributed by atoms with van der Waals surface area (Å²) >= 11 is 1.54. The normalized spacial score (nSPS) is 11.4. The molecular formula is C7H4F3IN2O4. The molecule has 10 heteroatoms. The molecule has 0 saturated heterocycles. The highest BCUT2D eigenvalue weighted by atomic mass is 127. The average molecular weight is 364 g/mol. The molecule has 0 radical (unpaired) electrons. The van der Waals surface area contributed by atoms with Gasteiger partial charge in [-0.2, -0.15) is 0 Å². The van der Waals surface area contributed by atoms with Gasteiger partial charge in [0.1, 0.15) is 9.90 Å². The smallest absolute Gasteiger partial charge is 0.398 e. The molecule has 0 saturated carbocycles. The molecular weight excluding hydrogens is 360 g/mol. The first-order valence-electron chi connectivity index (χ1n) is 3.94. The number of hydrogen-bond donors (Lipinski definition) is 1. The van der Waals surface area contributed by atoms with Crippen LogP contribution in [-0.4, -0.2) is 21.4 Å². The van der Waals surface area contributed by atoms with Gasteiger partial charge in [-0.05, 0) is 22.6 Å². The van der Waals surface area contributed by atoms with Crippen molar-refractivity contribution < 1.29 is 27.9 Å². The third kappa shape index (κ3) is 3.39. The summed E-state index contributed by atoms with van der Waals surface area (Å²) in [4.78, 5) is 13.0. The number of ether oxygens (including phenoxy) is 1. The van der Waals surface area contributed by atoms with Crippen LogP contribution < -0.4 is 4.74 Å². The summed E-state index contributed by atoms with van der Waals surface area (Å²) in [5.74, 6) is -1.04. The van der Waals surface area contributed by atoms with Crippen LogP contribution in [0, 0.1) is 13.8 Å². The van der Waals surface area contributed by atoms with E-state index in [2.05, 4.69) is 9.72 Å². The molecule has 1 aromatic heterocycles. The van der Waals surface area contributed by atoms with Crippen molar-refractivity contribution in [2.75, 3.05) is 0 Å². The number of aliphatic hydroxyl groups is 1. The molecule has 0 bridgehead atoms. The van der Waals surface area contributed by atoms with Crippen molar-refractivity contribution in [1.82, 2.24) is 4.98 Å². The van der Waals surface area contributed by atoms with E-state index in [0.717, 1.165) is 0 Å². The van der Waals surface area contributed by atoms with Crippen molar-refractivity contribution in [1.29, 1.82) is 0 Å². The monoisotopic (exact) mass is 364 g/mol. The second-order valence-corrected chi connectivity index (χ2v) is 3.73. The Morgan fingerprint density at radius 3 is 2.59 bits per heavy atom. The number of rotatable bonds is 3. The Bertz CT molecular complexity index is 451. The molecule has 1 heterocycles. The Morgan fingerprint density at radius 2 is 2.18 bits per heavy atom. The fourth-order valence-corrected chi connectivity index (χ4v) is 1.55. The highest BCUT2D eigenvalue weighted by molar-refractivity contribution is 14.1. The average Bonchev–Trinajstić information content (AvgIpc) is 2.15. The first kappa shape index (κ1) is 13.9. The summed E-state index contributed by atoms with van der Waals surface area (Å²) in [6, 6.07) is 0. The van der Waals surface area contributed by atoms with Crippen molar-refractivity contribution in [2.45, 2.75) is 13.0 Å². The van der Waals surface area contributed by atoms with E-state index in [1.807, 2.05) is 0 Å². The second-order valence-electron chi connectivity index (χ2n) is 2.70. The maximum atomic E-state index is 12.1. The van der Waals surface area contributed by atoms with E-state index >= 15 is 0 Å². The molecule has 0 aliphatic heterocycles. The van der Waals surface area contributed by atoms with Crippen LogP contribution in [0.2, 0.25) is 0 Å². The summed E-state index contributed by atoms with van der Waals surface area (Å²) in [6.45, 7) is -0.849. The predicted molar refractivity (Wildman–Crippen MR) is 56.2 cm³/mol. The van der Waals surface area contributed by atoms with Gasteiger partial charge in [0, 0.05) is 0 Å². The van der Waals surface area contributed by atoms with E-state index in [9.17, 15) is 23.3 Å². The van der Waals surface area contributed by atoms with E-state index in [-0.39, 0.29) is 9.26 Å². The number of hydrogen-bond acceptors (Lipinski definition) is 5. The van der Waals surface area contributed by atoms with Crippen molar-refractivity contribution in [3.8, 4) is 5.75 Å². The van der Waals surface area contributed by atoms with Crippen LogP contribution in [0.3, 0.4) is 0 Å². The van der Waals surface area contributed by atoms with E-state index in [0.29, 0.717) is 6.20 Å². The van der Waals surface area contributed by atoms with Crippen molar-refractivity contribution in [2.24, 2.45) is 0 Å². The fourth-order valence-electron chi connectivity index (χ4n) is 0.999. The standard InChI is InChI=1S/C7H4F3IN2O4/c8-7(9,10)17-5-3(2-14)6(11)12-1-4(5)13(15)16/h1,14H,2H2. The van der Waals surface area contributed by atoms with E-state index in [4.69, 9.17) is 5.11 Å². The SMILES string of the molecule is O=[N+]([O-])c1cnc(I)c(CO)c1OC(F)(F)F. The summed E-state index contributed by atoms with van der Waals surface area (Å²) in [6.07, 6.45) is -4.44. The van der Waals surface area contributed by atoms with Gasteiger partial charge in [0.2, 0.25) is 5.75 Å². The van der Waals surface area contributed by atoms with Crippen molar-refractivity contribution in [3.63, 3.8) is 0 Å². The Labute approximate surface area is 106 Å². The lowest BCUT2D eigenvalue weighted by atomic mass is 10.2. The topological polar surface area (TPSA) is 85.5 Å². The van der Waals surface area contributed by atoms with Gasteiger partial charge in [-0.3, -0.25) is 10.1 Å². The predicted octanol–water partition coefficient (Wildman–Crippen LogP) is 1.99. The number of nitro groups is 1. The zero-order valence-electron chi connectivity index (χ0n) is 7.86. The summed E-state index contributed by atoms with van der Waals surface area (Å²) in [7, 11) is 0. The van der Waals surface area contributed by atoms with E-state index in [1.54, 1.807) is 0 Å². The van der Waals surface area contributed by atoms with Crippen LogP contribution in [-0.2, 0) is 6.61 Å². The second kappa shape index (κ2) is 5.00. The number of alkyl halides is 3. The van der Waals surface area contributed by atoms with Crippen molar-refractivity contribution in [3.05, 3.63) is 25.6 Å². The third-order valence-electron chi connectivity index (χ3n) is 1.63. The van der Waals surface area contributed by atoms with Crippen LogP contribution in [0.15, 0.2) is 6.20 Å². The van der Waals surface area contributed by atoms with Crippen LogP contribution >= 0.6 is 22.6 Å². The Hall–Kier alpha value is -1.17. The minimum atomic E-state index is -5.08. The molecule has 0 aliphatic carbocycles. The number of pyridine rings is 1. The lowest BCUT2D eigenvalue weighted by Crippen LogP contribution is -2.19. The molecule has 94 valence electrons. The first-order valence-corrected chi connectivity index (χ1v) is 5.02. The fraction of sp³-hybridized carbons (Fsp3) is 0.286. The van der Waals surface area contributed by atoms with Gasteiger partial charge in [-0.25, -0.2) is 4.98 Å². The highest BCUT2D eigenvalue weighted by Gasteiger charge is 2.36. The quantitative estimate of drug-likeness (QED) is 0.384. The first-order chi connectivity index (χ1) is 7.76. The highest BCUT2D eigenvalue weighted by Crippen LogP contribution is 2.36. The third-order valence-corrected chi connectivity index (χ3v) is 2.56. The molecule has 0 spiro atoms. The van der Waals surface area contributed by atoms with Crippen LogP contribution in [0.5, 0.6) is 5.75 Å². The molecule has 0 unspecified atom stereocenters. The molecule has 6 nitrogen and oxygen atoms in total. The largest absolute Gasteiger partial charge is 0.573 e. The van der Waals surface area contributed by atoms with Gasteiger partial charge < -0.3 is 9.84 Å². The minimum absolute atomic E-state index is 0.00468. The van der Waals surface area contributed by atoms with Gasteiger partial charge in [0.25, 0.3) is 0 Å². The zero-order chi connectivity index (χ0) is 13.2. The van der Waals surface area contributed by atoms with Gasteiger partial charge in [0.15, 0.2) is 0 Å². The van der Waals surface area contributed by atoms with Gasteiger partial charge in [-0.1, -0.05) is 0 Å². The van der Waals surface area contributed by atoms with E-state index < -0.39 is 29.3 Å². The molecule has 0 atom stereocenters. The lowest BCUT2D eigenvalue weighted by molar-refractivity contribution is -0.389.